The monoisotopic (exact) mass is 431 g/mol. The van der Waals surface area contributed by atoms with Crippen LogP contribution in [0, 0.1) is 0 Å². The number of likely N-dealkylation sites (N-methyl/N-ethyl adjacent to an activating group) is 1. The molecule has 3 heterocycles. The molecule has 2 aromatic heterocycles. The number of anilines is 2. The molecule has 0 radical (unpaired) electrons. The van der Waals surface area contributed by atoms with Crippen LogP contribution in [-0.2, 0) is 0 Å². The van der Waals surface area contributed by atoms with E-state index in [9.17, 15) is 0 Å². The zero-order valence-electron chi connectivity index (χ0n) is 17.9. The second-order valence-corrected chi connectivity index (χ2v) is 7.33. The number of nitrogens with one attached hydrogen (secondary N) is 2. The van der Waals surface area contributed by atoms with E-state index in [-0.39, 0.29) is 0 Å². The average Bonchev–Trinajstić information content (AvgIpc) is 3.25. The minimum Gasteiger partial charge on any atom is -0.492 e. The number of ether oxygens (including phenoxy) is 3. The maximum Gasteiger partial charge on any atom is 0.247 e. The maximum atomic E-state index is 5.73. The third-order valence-corrected chi connectivity index (χ3v) is 5.11. The van der Waals surface area contributed by atoms with Gasteiger partial charge in [0, 0.05) is 17.8 Å². The highest BCUT2D eigenvalue weighted by atomic mass is 16.6. The molecule has 0 atom stereocenters. The molecule has 0 saturated heterocycles. The van der Waals surface area contributed by atoms with Crippen molar-refractivity contribution in [3.63, 3.8) is 0 Å². The minimum absolute atomic E-state index is 0.524. The van der Waals surface area contributed by atoms with Gasteiger partial charge in [-0.2, -0.15) is 4.98 Å². The maximum absolute atomic E-state index is 5.73. The summed E-state index contributed by atoms with van der Waals surface area (Å²) in [6.45, 7) is 5.60. The molecular weight excluding hydrogens is 406 g/mol. The summed E-state index contributed by atoms with van der Waals surface area (Å²) < 4.78 is 18.9. The Bertz CT molecular complexity index is 1210. The molecule has 2 aromatic carbocycles. The Morgan fingerprint density at radius 1 is 1.00 bits per heavy atom. The van der Waals surface area contributed by atoms with Crippen molar-refractivity contribution in [1.29, 1.82) is 0 Å². The van der Waals surface area contributed by atoms with Gasteiger partial charge in [-0.1, -0.05) is 13.0 Å². The summed E-state index contributed by atoms with van der Waals surface area (Å²) in [5, 5.41) is 11.2. The summed E-state index contributed by atoms with van der Waals surface area (Å²) in [4.78, 5) is 4.62. The summed E-state index contributed by atoms with van der Waals surface area (Å²) in [6, 6.07) is 19.6. The van der Waals surface area contributed by atoms with Crippen LogP contribution in [0.2, 0.25) is 0 Å². The molecule has 0 amide bonds. The second-order valence-electron chi connectivity index (χ2n) is 7.33. The fourth-order valence-electron chi connectivity index (χ4n) is 3.56. The zero-order valence-corrected chi connectivity index (χ0v) is 17.9. The van der Waals surface area contributed by atoms with E-state index >= 15 is 0 Å². The van der Waals surface area contributed by atoms with E-state index in [0.717, 1.165) is 52.9 Å². The summed E-state index contributed by atoms with van der Waals surface area (Å²) >= 11 is 0. The van der Waals surface area contributed by atoms with Gasteiger partial charge in [0.1, 0.15) is 25.6 Å². The number of nitrogens with zero attached hydrogens (tertiary/aromatic N) is 3. The smallest absolute Gasteiger partial charge is 0.247 e. The Kier molecular flexibility index (Phi) is 5.76. The molecule has 1 aliphatic rings. The lowest BCUT2D eigenvalue weighted by Crippen LogP contribution is -2.20. The van der Waals surface area contributed by atoms with Crippen LogP contribution in [0.15, 0.2) is 60.7 Å². The highest BCUT2D eigenvalue weighted by Crippen LogP contribution is 2.34. The molecule has 0 aliphatic carbocycles. The second kappa shape index (κ2) is 9.15. The number of pyridine rings is 1. The Balaban J connectivity index is 1.34. The van der Waals surface area contributed by atoms with Crippen LogP contribution in [0.4, 0.5) is 11.6 Å². The minimum atomic E-state index is 0.524. The van der Waals surface area contributed by atoms with Crippen LogP contribution in [0.25, 0.3) is 16.9 Å². The highest BCUT2D eigenvalue weighted by molar-refractivity contribution is 5.68. The molecule has 8 heteroatoms. The van der Waals surface area contributed by atoms with Crippen molar-refractivity contribution in [2.24, 2.45) is 0 Å². The Hall–Kier alpha value is -3.78. The van der Waals surface area contributed by atoms with E-state index < -0.39 is 0 Å². The first-order valence-corrected chi connectivity index (χ1v) is 10.8. The third kappa shape index (κ3) is 4.31. The van der Waals surface area contributed by atoms with Crippen LogP contribution >= 0.6 is 0 Å². The number of hydrogen-bond acceptors (Lipinski definition) is 7. The molecule has 32 heavy (non-hydrogen) atoms. The number of hydrogen-bond donors (Lipinski definition) is 2. The van der Waals surface area contributed by atoms with Crippen molar-refractivity contribution in [1.82, 2.24) is 19.9 Å². The van der Waals surface area contributed by atoms with E-state index in [1.807, 2.05) is 65.2 Å². The Morgan fingerprint density at radius 3 is 2.69 bits per heavy atom. The lowest BCUT2D eigenvalue weighted by atomic mass is 10.1. The van der Waals surface area contributed by atoms with Crippen molar-refractivity contribution in [3.8, 4) is 28.5 Å². The van der Waals surface area contributed by atoms with Crippen molar-refractivity contribution >= 4 is 17.3 Å². The third-order valence-electron chi connectivity index (χ3n) is 5.11. The van der Waals surface area contributed by atoms with Gasteiger partial charge in [0.15, 0.2) is 17.1 Å². The van der Waals surface area contributed by atoms with Crippen molar-refractivity contribution in [3.05, 3.63) is 60.7 Å². The molecule has 2 N–H and O–H groups in total. The van der Waals surface area contributed by atoms with E-state index in [4.69, 9.17) is 14.2 Å². The van der Waals surface area contributed by atoms with Gasteiger partial charge in [-0.15, -0.1) is 5.10 Å². The highest BCUT2D eigenvalue weighted by Gasteiger charge is 2.15. The summed E-state index contributed by atoms with van der Waals surface area (Å²) in [6.07, 6.45) is 0. The fraction of sp³-hybridized carbons (Fsp3) is 0.250. The molecule has 0 fully saturated rings. The molecule has 164 valence electrons. The molecule has 0 spiro atoms. The van der Waals surface area contributed by atoms with Crippen molar-refractivity contribution in [2.75, 3.05) is 38.2 Å². The quantitative estimate of drug-likeness (QED) is 0.410. The number of aromatic nitrogens is 3. The molecule has 0 saturated carbocycles. The van der Waals surface area contributed by atoms with Gasteiger partial charge < -0.3 is 24.8 Å². The molecule has 4 aromatic rings. The summed E-state index contributed by atoms with van der Waals surface area (Å²) in [5.41, 5.74) is 3.55. The van der Waals surface area contributed by atoms with Crippen molar-refractivity contribution in [2.45, 2.75) is 6.92 Å². The van der Waals surface area contributed by atoms with Crippen LogP contribution in [0.5, 0.6) is 17.2 Å². The topological polar surface area (TPSA) is 81.9 Å². The molecule has 0 bridgehead atoms. The summed E-state index contributed by atoms with van der Waals surface area (Å²) in [7, 11) is 0. The Labute approximate surface area is 186 Å². The lowest BCUT2D eigenvalue weighted by molar-refractivity contribution is 0.171. The first kappa shape index (κ1) is 20.1. The zero-order chi connectivity index (χ0) is 21.8. The van der Waals surface area contributed by atoms with Gasteiger partial charge in [-0.3, -0.25) is 0 Å². The largest absolute Gasteiger partial charge is 0.492 e. The van der Waals surface area contributed by atoms with E-state index in [2.05, 4.69) is 27.6 Å². The number of rotatable bonds is 8. The van der Waals surface area contributed by atoms with E-state index in [0.29, 0.717) is 25.8 Å². The molecule has 5 rings (SSSR count). The van der Waals surface area contributed by atoms with Crippen LogP contribution < -0.4 is 24.8 Å². The first-order chi connectivity index (χ1) is 15.8. The van der Waals surface area contributed by atoms with Gasteiger partial charge in [-0.05, 0) is 61.1 Å². The number of benzene rings is 2. The predicted octanol–water partition coefficient (Wildman–Crippen LogP) is 3.90. The van der Waals surface area contributed by atoms with Gasteiger partial charge >= 0.3 is 0 Å². The van der Waals surface area contributed by atoms with Gasteiger partial charge in [0.25, 0.3) is 0 Å². The van der Waals surface area contributed by atoms with Crippen LogP contribution in [0.1, 0.15) is 6.92 Å². The normalized spacial score (nSPS) is 12.7. The standard InChI is InChI=1S/C24H25N5O3/c1-2-25-12-13-30-19-9-7-18(8-10-19)26-24-27-23-5-3-4-20(29(23)28-24)17-6-11-21-22(16-17)32-15-14-31-21/h3-11,16,25H,2,12-15H2,1H3,(H,26,28). The Morgan fingerprint density at radius 2 is 1.84 bits per heavy atom. The molecular formula is C24H25N5O3. The van der Waals surface area contributed by atoms with Crippen LogP contribution in [0.3, 0.4) is 0 Å². The van der Waals surface area contributed by atoms with Gasteiger partial charge in [0.05, 0.1) is 5.69 Å². The van der Waals surface area contributed by atoms with Gasteiger partial charge in [0.2, 0.25) is 5.95 Å². The van der Waals surface area contributed by atoms with Gasteiger partial charge in [-0.25, -0.2) is 4.52 Å². The van der Waals surface area contributed by atoms with E-state index in [1.165, 1.54) is 0 Å². The predicted molar refractivity (Wildman–Crippen MR) is 123 cm³/mol. The molecule has 1 aliphatic heterocycles. The van der Waals surface area contributed by atoms with E-state index in [1.54, 1.807) is 0 Å². The first-order valence-electron chi connectivity index (χ1n) is 10.8. The van der Waals surface area contributed by atoms with Crippen molar-refractivity contribution < 1.29 is 14.2 Å². The lowest BCUT2D eigenvalue weighted by Gasteiger charge is -2.19. The number of fused-ring (bicyclic) bond motifs is 2. The molecule has 0 unspecified atom stereocenters. The van der Waals surface area contributed by atoms with Crippen LogP contribution in [-0.4, -0.2) is 47.5 Å². The SMILES string of the molecule is CCNCCOc1ccc(Nc2nc3cccc(-c4ccc5c(c4)OCCO5)n3n2)cc1. The average molecular weight is 431 g/mol. The fourth-order valence-corrected chi connectivity index (χ4v) is 3.56. The molecule has 8 nitrogen and oxygen atoms in total. The summed E-state index contributed by atoms with van der Waals surface area (Å²) in [5.74, 6) is 2.87.